The molecule has 0 radical (unpaired) electrons. The van der Waals surface area contributed by atoms with Crippen molar-refractivity contribution in [1.29, 1.82) is 0 Å². The van der Waals surface area contributed by atoms with Gasteiger partial charge in [-0.25, -0.2) is 4.98 Å². The Kier molecular flexibility index (Phi) is 5.15. The molecule has 0 aliphatic rings. The van der Waals surface area contributed by atoms with E-state index in [2.05, 4.69) is 10.3 Å². The second-order valence-corrected chi connectivity index (χ2v) is 4.32. The van der Waals surface area contributed by atoms with Gasteiger partial charge in [0, 0.05) is 20.5 Å². The highest BCUT2D eigenvalue weighted by Crippen LogP contribution is 2.07. The van der Waals surface area contributed by atoms with E-state index in [4.69, 9.17) is 4.42 Å². The average Bonchev–Trinajstić information content (AvgIpc) is 2.57. The summed E-state index contributed by atoms with van der Waals surface area (Å²) in [4.78, 5) is 17.2. The molecule has 1 heterocycles. The van der Waals surface area contributed by atoms with Crippen molar-refractivity contribution in [3.63, 3.8) is 0 Å². The van der Waals surface area contributed by atoms with Crippen molar-refractivity contribution in [2.45, 2.75) is 33.2 Å². The Morgan fingerprint density at radius 1 is 1.41 bits per heavy atom. The van der Waals surface area contributed by atoms with Crippen molar-refractivity contribution in [2.75, 3.05) is 20.6 Å². The largest absolute Gasteiger partial charge is 0.444 e. The quantitative estimate of drug-likeness (QED) is 0.759. The first kappa shape index (κ1) is 13.7. The zero-order valence-corrected chi connectivity index (χ0v) is 11.0. The Morgan fingerprint density at radius 2 is 2.12 bits per heavy atom. The lowest BCUT2D eigenvalue weighted by Gasteiger charge is -2.09. The third kappa shape index (κ3) is 4.56. The molecule has 1 amide bonds. The second-order valence-electron chi connectivity index (χ2n) is 4.32. The van der Waals surface area contributed by atoms with Gasteiger partial charge in [0.25, 0.3) is 0 Å². The molecule has 0 aliphatic carbocycles. The van der Waals surface area contributed by atoms with Crippen LogP contribution in [0.1, 0.15) is 30.2 Å². The van der Waals surface area contributed by atoms with Gasteiger partial charge in [0.05, 0.1) is 12.2 Å². The molecule has 0 unspecified atom stereocenters. The van der Waals surface area contributed by atoms with Crippen molar-refractivity contribution in [2.24, 2.45) is 0 Å². The summed E-state index contributed by atoms with van der Waals surface area (Å²) in [5.41, 5.74) is 0.935. The number of carbonyl (C=O) groups excluding carboxylic acids is 1. The van der Waals surface area contributed by atoms with Crippen LogP contribution in [0.15, 0.2) is 4.42 Å². The van der Waals surface area contributed by atoms with Gasteiger partial charge in [-0.3, -0.25) is 4.79 Å². The Hall–Kier alpha value is -1.36. The van der Waals surface area contributed by atoms with Crippen LogP contribution in [0.5, 0.6) is 0 Å². The zero-order valence-electron chi connectivity index (χ0n) is 11.0. The number of rotatable bonds is 6. The molecule has 0 aromatic carbocycles. The number of amides is 1. The highest BCUT2D eigenvalue weighted by atomic mass is 16.4. The van der Waals surface area contributed by atoms with E-state index in [1.807, 2.05) is 13.8 Å². The first-order chi connectivity index (χ1) is 8.00. The standard InChI is InChI=1S/C12H21N3O2/c1-9-10(2)17-11(14-9)8-13-7-5-6-12(16)15(3)4/h13H,5-8H2,1-4H3. The molecule has 96 valence electrons. The van der Waals surface area contributed by atoms with Crippen LogP contribution in [0.2, 0.25) is 0 Å². The van der Waals surface area contributed by atoms with Crippen LogP contribution in [0.3, 0.4) is 0 Å². The fourth-order valence-corrected chi connectivity index (χ4v) is 1.40. The molecule has 1 aromatic rings. The number of hydrogen-bond acceptors (Lipinski definition) is 4. The van der Waals surface area contributed by atoms with Gasteiger partial charge in [-0.2, -0.15) is 0 Å². The maximum atomic E-state index is 11.3. The predicted octanol–water partition coefficient (Wildman–Crippen LogP) is 1.25. The van der Waals surface area contributed by atoms with Crippen LogP contribution in [-0.4, -0.2) is 36.4 Å². The van der Waals surface area contributed by atoms with E-state index < -0.39 is 0 Å². The highest BCUT2D eigenvalue weighted by Gasteiger charge is 2.05. The van der Waals surface area contributed by atoms with Crippen molar-refractivity contribution < 1.29 is 9.21 Å². The van der Waals surface area contributed by atoms with Gasteiger partial charge in [0.1, 0.15) is 5.76 Å². The SMILES string of the molecule is Cc1nc(CNCCCC(=O)N(C)C)oc1C. The molecule has 0 bridgehead atoms. The summed E-state index contributed by atoms with van der Waals surface area (Å²) in [5, 5.41) is 3.21. The van der Waals surface area contributed by atoms with Crippen molar-refractivity contribution in [3.05, 3.63) is 17.3 Å². The molecule has 0 aliphatic heterocycles. The number of nitrogens with one attached hydrogen (secondary N) is 1. The van der Waals surface area contributed by atoms with E-state index in [1.165, 1.54) is 0 Å². The lowest BCUT2D eigenvalue weighted by Crippen LogP contribution is -2.23. The molecule has 17 heavy (non-hydrogen) atoms. The number of nitrogens with zero attached hydrogens (tertiary/aromatic N) is 2. The normalized spacial score (nSPS) is 10.6. The van der Waals surface area contributed by atoms with E-state index in [-0.39, 0.29) is 5.91 Å². The van der Waals surface area contributed by atoms with E-state index >= 15 is 0 Å². The molecule has 1 rings (SSSR count). The molecule has 0 spiro atoms. The summed E-state index contributed by atoms with van der Waals surface area (Å²) >= 11 is 0. The summed E-state index contributed by atoms with van der Waals surface area (Å²) in [6.45, 7) is 5.24. The van der Waals surface area contributed by atoms with Crippen molar-refractivity contribution in [3.8, 4) is 0 Å². The molecule has 0 saturated carbocycles. The fourth-order valence-electron chi connectivity index (χ4n) is 1.40. The lowest BCUT2D eigenvalue weighted by molar-refractivity contribution is -0.128. The molecule has 5 heteroatoms. The maximum Gasteiger partial charge on any atom is 0.222 e. The molecular formula is C12H21N3O2. The Bertz CT molecular complexity index is 352. The molecule has 0 atom stereocenters. The minimum Gasteiger partial charge on any atom is -0.444 e. The molecule has 0 fully saturated rings. The average molecular weight is 239 g/mol. The van der Waals surface area contributed by atoms with Gasteiger partial charge in [-0.15, -0.1) is 0 Å². The number of oxazole rings is 1. The van der Waals surface area contributed by atoms with Crippen LogP contribution in [-0.2, 0) is 11.3 Å². The van der Waals surface area contributed by atoms with E-state index in [1.54, 1.807) is 19.0 Å². The smallest absolute Gasteiger partial charge is 0.222 e. The highest BCUT2D eigenvalue weighted by molar-refractivity contribution is 5.75. The van der Waals surface area contributed by atoms with Crippen LogP contribution < -0.4 is 5.32 Å². The van der Waals surface area contributed by atoms with Gasteiger partial charge < -0.3 is 14.6 Å². The number of hydrogen-bond donors (Lipinski definition) is 1. The van der Waals surface area contributed by atoms with Gasteiger partial charge in [-0.1, -0.05) is 0 Å². The topological polar surface area (TPSA) is 58.4 Å². The van der Waals surface area contributed by atoms with Crippen LogP contribution in [0.25, 0.3) is 0 Å². The summed E-state index contributed by atoms with van der Waals surface area (Å²) in [7, 11) is 3.54. The molecule has 1 N–H and O–H groups in total. The molecule has 0 saturated heterocycles. The first-order valence-corrected chi connectivity index (χ1v) is 5.84. The summed E-state index contributed by atoms with van der Waals surface area (Å²) in [5.74, 6) is 1.73. The van der Waals surface area contributed by atoms with E-state index in [9.17, 15) is 4.79 Å². The number of aromatic nitrogens is 1. The summed E-state index contributed by atoms with van der Waals surface area (Å²) in [6.07, 6.45) is 1.40. The third-order valence-electron chi connectivity index (χ3n) is 2.59. The lowest BCUT2D eigenvalue weighted by atomic mass is 10.3. The van der Waals surface area contributed by atoms with Gasteiger partial charge in [0.2, 0.25) is 11.8 Å². The Balaban J connectivity index is 2.14. The van der Waals surface area contributed by atoms with Gasteiger partial charge >= 0.3 is 0 Å². The van der Waals surface area contributed by atoms with E-state index in [0.29, 0.717) is 18.9 Å². The van der Waals surface area contributed by atoms with E-state index in [0.717, 1.165) is 24.4 Å². The van der Waals surface area contributed by atoms with Gasteiger partial charge in [-0.05, 0) is 26.8 Å². The minimum absolute atomic E-state index is 0.162. The molecular weight excluding hydrogens is 218 g/mol. The van der Waals surface area contributed by atoms with Crippen LogP contribution in [0, 0.1) is 13.8 Å². The number of carbonyl (C=O) groups is 1. The van der Waals surface area contributed by atoms with Gasteiger partial charge in [0.15, 0.2) is 0 Å². The molecule has 1 aromatic heterocycles. The zero-order chi connectivity index (χ0) is 12.8. The maximum absolute atomic E-state index is 11.3. The van der Waals surface area contributed by atoms with Crippen LogP contribution >= 0.6 is 0 Å². The third-order valence-corrected chi connectivity index (χ3v) is 2.59. The second kappa shape index (κ2) is 6.39. The minimum atomic E-state index is 0.162. The summed E-state index contributed by atoms with van der Waals surface area (Å²) in [6, 6.07) is 0. The summed E-state index contributed by atoms with van der Waals surface area (Å²) < 4.78 is 5.43. The number of aryl methyl sites for hydroxylation is 2. The van der Waals surface area contributed by atoms with Crippen LogP contribution in [0.4, 0.5) is 0 Å². The predicted molar refractivity (Wildman–Crippen MR) is 65.6 cm³/mol. The van der Waals surface area contributed by atoms with Crippen molar-refractivity contribution >= 4 is 5.91 Å². The van der Waals surface area contributed by atoms with Crippen molar-refractivity contribution in [1.82, 2.24) is 15.2 Å². The monoisotopic (exact) mass is 239 g/mol. The Labute approximate surface area is 102 Å². The molecule has 5 nitrogen and oxygen atoms in total. The Morgan fingerprint density at radius 3 is 2.65 bits per heavy atom. The first-order valence-electron chi connectivity index (χ1n) is 5.84. The fraction of sp³-hybridized carbons (Fsp3) is 0.667.